The van der Waals surface area contributed by atoms with Gasteiger partial charge in [0.05, 0.1) is 0 Å². The summed E-state index contributed by atoms with van der Waals surface area (Å²) in [5, 5.41) is 3.14. The van der Waals surface area contributed by atoms with Gasteiger partial charge in [-0.05, 0) is 17.7 Å². The highest BCUT2D eigenvalue weighted by Crippen LogP contribution is 2.18. The predicted molar refractivity (Wildman–Crippen MR) is 69.2 cm³/mol. The molecule has 1 aromatic carbocycles. The summed E-state index contributed by atoms with van der Waals surface area (Å²) in [4.78, 5) is -0.291. The summed E-state index contributed by atoms with van der Waals surface area (Å²) in [6.07, 6.45) is 0. The van der Waals surface area contributed by atoms with E-state index in [1.165, 1.54) is 26.2 Å². The number of nitrogens with one attached hydrogen (secondary N) is 1. The van der Waals surface area contributed by atoms with E-state index in [0.29, 0.717) is 12.6 Å². The molecule has 1 N–H and O–H groups in total. The second-order valence-corrected chi connectivity index (χ2v) is 6.71. The summed E-state index contributed by atoms with van der Waals surface area (Å²) in [7, 11) is -0.962. The van der Waals surface area contributed by atoms with E-state index in [0.717, 1.165) is 9.87 Å². The summed E-state index contributed by atoms with van der Waals surface area (Å²) in [6, 6.07) is 4.47. The van der Waals surface area contributed by atoms with Crippen molar-refractivity contribution in [2.75, 3.05) is 14.1 Å². The van der Waals surface area contributed by atoms with Crippen LogP contribution in [0.5, 0.6) is 0 Å². The first-order chi connectivity index (χ1) is 8.25. The number of sulfonamides is 1. The molecule has 0 aromatic heterocycles. The molecule has 0 aliphatic carbocycles. The van der Waals surface area contributed by atoms with Crippen LogP contribution in [0.25, 0.3) is 0 Å². The summed E-state index contributed by atoms with van der Waals surface area (Å²) >= 11 is 0. The summed E-state index contributed by atoms with van der Waals surface area (Å²) in [5.41, 5.74) is 0.721. The summed E-state index contributed by atoms with van der Waals surface area (Å²) in [6.45, 7) is 4.49. The number of nitrogens with zero attached hydrogens (tertiary/aromatic N) is 1. The Morgan fingerprint density at radius 1 is 1.33 bits per heavy atom. The first-order valence-electron chi connectivity index (χ1n) is 5.69. The van der Waals surface area contributed by atoms with Gasteiger partial charge in [0.1, 0.15) is 10.7 Å². The third kappa shape index (κ3) is 3.51. The smallest absolute Gasteiger partial charge is 0.245 e. The number of rotatable bonds is 5. The van der Waals surface area contributed by atoms with Crippen LogP contribution in [-0.4, -0.2) is 32.9 Å². The van der Waals surface area contributed by atoms with Crippen LogP contribution in [0.3, 0.4) is 0 Å². The Morgan fingerprint density at radius 2 is 1.94 bits per heavy atom. The SMILES string of the molecule is CC(C)NCc1ccc(S(=O)(=O)N(C)C)c(F)c1. The highest BCUT2D eigenvalue weighted by molar-refractivity contribution is 7.89. The van der Waals surface area contributed by atoms with Crippen molar-refractivity contribution in [3.05, 3.63) is 29.6 Å². The quantitative estimate of drug-likeness (QED) is 0.886. The van der Waals surface area contributed by atoms with Crippen LogP contribution >= 0.6 is 0 Å². The molecule has 0 bridgehead atoms. The molecule has 0 fully saturated rings. The van der Waals surface area contributed by atoms with Crippen LogP contribution in [-0.2, 0) is 16.6 Å². The molecule has 1 aromatic rings. The van der Waals surface area contributed by atoms with E-state index in [2.05, 4.69) is 5.32 Å². The number of hydrogen-bond donors (Lipinski definition) is 1. The molecule has 0 atom stereocenters. The molecule has 0 amide bonds. The van der Waals surface area contributed by atoms with Gasteiger partial charge < -0.3 is 5.32 Å². The third-order valence-corrected chi connectivity index (χ3v) is 4.32. The van der Waals surface area contributed by atoms with Crippen molar-refractivity contribution in [2.45, 2.75) is 31.3 Å². The first-order valence-corrected chi connectivity index (χ1v) is 7.13. The molecule has 102 valence electrons. The Kier molecular flexibility index (Phi) is 4.84. The zero-order valence-electron chi connectivity index (χ0n) is 11.1. The van der Waals surface area contributed by atoms with E-state index < -0.39 is 15.8 Å². The van der Waals surface area contributed by atoms with E-state index in [-0.39, 0.29) is 4.90 Å². The fourth-order valence-electron chi connectivity index (χ4n) is 1.38. The lowest BCUT2D eigenvalue weighted by Gasteiger charge is -2.13. The summed E-state index contributed by atoms with van der Waals surface area (Å²) in [5.74, 6) is -0.716. The second-order valence-electron chi connectivity index (χ2n) is 4.59. The minimum absolute atomic E-state index is 0.290. The van der Waals surface area contributed by atoms with Crippen molar-refractivity contribution in [3.63, 3.8) is 0 Å². The van der Waals surface area contributed by atoms with Gasteiger partial charge in [-0.15, -0.1) is 0 Å². The van der Waals surface area contributed by atoms with Crippen LogP contribution in [0.2, 0.25) is 0 Å². The lowest BCUT2D eigenvalue weighted by molar-refractivity contribution is 0.507. The molecule has 1 rings (SSSR count). The van der Waals surface area contributed by atoms with E-state index in [1.807, 2.05) is 13.8 Å². The lowest BCUT2D eigenvalue weighted by atomic mass is 10.2. The monoisotopic (exact) mass is 274 g/mol. The van der Waals surface area contributed by atoms with Gasteiger partial charge in [-0.1, -0.05) is 19.9 Å². The van der Waals surface area contributed by atoms with Gasteiger partial charge in [-0.25, -0.2) is 17.1 Å². The molecule has 0 saturated heterocycles. The van der Waals surface area contributed by atoms with Gasteiger partial charge >= 0.3 is 0 Å². The lowest BCUT2D eigenvalue weighted by Crippen LogP contribution is -2.24. The highest BCUT2D eigenvalue weighted by Gasteiger charge is 2.21. The van der Waals surface area contributed by atoms with Crippen molar-refractivity contribution >= 4 is 10.0 Å². The van der Waals surface area contributed by atoms with Crippen LogP contribution in [0, 0.1) is 5.82 Å². The molecular weight excluding hydrogens is 255 g/mol. The van der Waals surface area contributed by atoms with Crippen molar-refractivity contribution in [1.29, 1.82) is 0 Å². The molecular formula is C12H19FN2O2S. The fourth-order valence-corrected chi connectivity index (χ4v) is 2.32. The Morgan fingerprint density at radius 3 is 2.39 bits per heavy atom. The van der Waals surface area contributed by atoms with E-state index in [1.54, 1.807) is 6.07 Å². The third-order valence-electron chi connectivity index (χ3n) is 2.47. The highest BCUT2D eigenvalue weighted by atomic mass is 32.2. The van der Waals surface area contributed by atoms with Crippen molar-refractivity contribution in [1.82, 2.24) is 9.62 Å². The van der Waals surface area contributed by atoms with Crippen molar-refractivity contribution in [3.8, 4) is 0 Å². The molecule has 6 heteroatoms. The fraction of sp³-hybridized carbons (Fsp3) is 0.500. The second kappa shape index (κ2) is 5.77. The topological polar surface area (TPSA) is 49.4 Å². The molecule has 0 aliphatic rings. The molecule has 0 radical (unpaired) electrons. The minimum atomic E-state index is -3.72. The van der Waals surface area contributed by atoms with Gasteiger partial charge in [0, 0.05) is 26.7 Å². The van der Waals surface area contributed by atoms with Gasteiger partial charge in [0.15, 0.2) is 0 Å². The number of halogens is 1. The zero-order valence-corrected chi connectivity index (χ0v) is 11.9. The van der Waals surface area contributed by atoms with Crippen LogP contribution in [0.4, 0.5) is 4.39 Å². The Labute approximate surface area is 108 Å². The van der Waals surface area contributed by atoms with Crippen LogP contribution in [0.15, 0.2) is 23.1 Å². The number of benzene rings is 1. The molecule has 0 heterocycles. The van der Waals surface area contributed by atoms with E-state index >= 15 is 0 Å². The molecule has 0 unspecified atom stereocenters. The van der Waals surface area contributed by atoms with Gasteiger partial charge in [0.25, 0.3) is 0 Å². The van der Waals surface area contributed by atoms with Gasteiger partial charge in [0.2, 0.25) is 10.0 Å². The summed E-state index contributed by atoms with van der Waals surface area (Å²) < 4.78 is 38.4. The molecule has 0 saturated carbocycles. The Hall–Kier alpha value is -0.980. The average molecular weight is 274 g/mol. The van der Waals surface area contributed by atoms with Crippen LogP contribution < -0.4 is 5.32 Å². The standard InChI is InChI=1S/C12H19FN2O2S/c1-9(2)14-8-10-5-6-12(11(13)7-10)18(16,17)15(3)4/h5-7,9,14H,8H2,1-4H3. The van der Waals surface area contributed by atoms with E-state index in [4.69, 9.17) is 0 Å². The normalized spacial score (nSPS) is 12.4. The van der Waals surface area contributed by atoms with Gasteiger partial charge in [-0.2, -0.15) is 0 Å². The van der Waals surface area contributed by atoms with Crippen molar-refractivity contribution in [2.24, 2.45) is 0 Å². The first kappa shape index (κ1) is 15.1. The minimum Gasteiger partial charge on any atom is -0.310 e. The molecule has 0 aliphatic heterocycles. The number of hydrogen-bond acceptors (Lipinski definition) is 3. The predicted octanol–water partition coefficient (Wildman–Crippen LogP) is 1.57. The molecule has 4 nitrogen and oxygen atoms in total. The van der Waals surface area contributed by atoms with Gasteiger partial charge in [-0.3, -0.25) is 0 Å². The largest absolute Gasteiger partial charge is 0.310 e. The van der Waals surface area contributed by atoms with Crippen molar-refractivity contribution < 1.29 is 12.8 Å². The maximum absolute atomic E-state index is 13.8. The Bertz CT molecular complexity index is 513. The molecule has 0 spiro atoms. The zero-order chi connectivity index (χ0) is 13.9. The maximum atomic E-state index is 13.8. The van der Waals surface area contributed by atoms with Crippen LogP contribution in [0.1, 0.15) is 19.4 Å². The maximum Gasteiger partial charge on any atom is 0.245 e. The Balaban J connectivity index is 3.00. The average Bonchev–Trinajstić information content (AvgIpc) is 2.25. The molecule has 18 heavy (non-hydrogen) atoms. The van der Waals surface area contributed by atoms with E-state index in [9.17, 15) is 12.8 Å².